The largest absolute Gasteiger partial charge is 0.368 e. The maximum absolute atomic E-state index is 6.14. The van der Waals surface area contributed by atoms with Crippen molar-refractivity contribution in [3.8, 4) is 0 Å². The molecular formula is C11H12Cl2N4S. The van der Waals surface area contributed by atoms with Crippen LogP contribution in [0.1, 0.15) is 12.5 Å². The van der Waals surface area contributed by atoms with E-state index in [0.29, 0.717) is 22.5 Å². The Kier molecular flexibility index (Phi) is 4.37. The van der Waals surface area contributed by atoms with Gasteiger partial charge in [-0.2, -0.15) is 0 Å². The zero-order chi connectivity index (χ0) is 13.1. The molecule has 0 unspecified atom stereocenters. The SMILES string of the molecule is CCSc1nnc(N)n1Cc1c(Cl)cccc1Cl. The average molecular weight is 303 g/mol. The quantitative estimate of drug-likeness (QED) is 0.880. The summed E-state index contributed by atoms with van der Waals surface area (Å²) in [7, 11) is 0. The smallest absolute Gasteiger partial charge is 0.223 e. The molecule has 0 atom stereocenters. The minimum Gasteiger partial charge on any atom is -0.368 e. The highest BCUT2D eigenvalue weighted by Gasteiger charge is 2.13. The van der Waals surface area contributed by atoms with Crippen molar-refractivity contribution in [2.45, 2.75) is 18.6 Å². The first-order valence-electron chi connectivity index (χ1n) is 5.37. The van der Waals surface area contributed by atoms with Crippen LogP contribution in [0.15, 0.2) is 23.4 Å². The van der Waals surface area contributed by atoms with E-state index in [1.165, 1.54) is 0 Å². The van der Waals surface area contributed by atoms with Crippen LogP contribution in [-0.4, -0.2) is 20.5 Å². The predicted octanol–water partition coefficient (Wildman–Crippen LogP) is 3.33. The summed E-state index contributed by atoms with van der Waals surface area (Å²) < 4.78 is 1.81. The molecule has 96 valence electrons. The maximum Gasteiger partial charge on any atom is 0.223 e. The fourth-order valence-corrected chi connectivity index (χ4v) is 2.71. The number of halogens is 2. The van der Waals surface area contributed by atoms with Gasteiger partial charge in [-0.3, -0.25) is 4.57 Å². The second-order valence-electron chi connectivity index (χ2n) is 3.56. The van der Waals surface area contributed by atoms with Crippen LogP contribution in [-0.2, 0) is 6.54 Å². The van der Waals surface area contributed by atoms with Gasteiger partial charge in [0.25, 0.3) is 0 Å². The summed E-state index contributed by atoms with van der Waals surface area (Å²) in [6, 6.07) is 5.41. The molecule has 2 aromatic rings. The lowest BCUT2D eigenvalue weighted by atomic mass is 10.2. The summed E-state index contributed by atoms with van der Waals surface area (Å²) in [6.45, 7) is 2.52. The van der Waals surface area contributed by atoms with E-state index in [0.717, 1.165) is 16.5 Å². The van der Waals surface area contributed by atoms with Gasteiger partial charge in [-0.25, -0.2) is 0 Å². The van der Waals surface area contributed by atoms with Gasteiger partial charge in [0.15, 0.2) is 5.16 Å². The van der Waals surface area contributed by atoms with Crippen molar-refractivity contribution in [3.63, 3.8) is 0 Å². The van der Waals surface area contributed by atoms with E-state index in [1.54, 1.807) is 28.5 Å². The van der Waals surface area contributed by atoms with Crippen molar-refractivity contribution < 1.29 is 0 Å². The molecule has 0 spiro atoms. The third-order valence-electron chi connectivity index (χ3n) is 2.40. The van der Waals surface area contributed by atoms with E-state index in [2.05, 4.69) is 10.2 Å². The Morgan fingerprint density at radius 2 is 1.94 bits per heavy atom. The first-order chi connectivity index (χ1) is 8.63. The van der Waals surface area contributed by atoms with Crippen LogP contribution in [0.5, 0.6) is 0 Å². The lowest BCUT2D eigenvalue weighted by Gasteiger charge is -2.10. The van der Waals surface area contributed by atoms with E-state index in [9.17, 15) is 0 Å². The number of nitrogens with two attached hydrogens (primary N) is 1. The number of aromatic nitrogens is 3. The second kappa shape index (κ2) is 5.82. The number of nitrogen functional groups attached to an aromatic ring is 1. The third-order valence-corrected chi connectivity index (χ3v) is 3.95. The number of benzene rings is 1. The topological polar surface area (TPSA) is 56.7 Å². The number of hydrogen-bond acceptors (Lipinski definition) is 4. The molecule has 2 N–H and O–H groups in total. The Morgan fingerprint density at radius 1 is 1.28 bits per heavy atom. The van der Waals surface area contributed by atoms with E-state index in [-0.39, 0.29) is 0 Å². The number of nitrogens with zero attached hydrogens (tertiary/aromatic N) is 3. The van der Waals surface area contributed by atoms with Crippen molar-refractivity contribution in [3.05, 3.63) is 33.8 Å². The van der Waals surface area contributed by atoms with E-state index < -0.39 is 0 Å². The molecule has 0 aliphatic rings. The molecule has 7 heteroatoms. The molecule has 0 saturated carbocycles. The molecule has 1 aromatic carbocycles. The molecule has 0 aliphatic carbocycles. The molecule has 4 nitrogen and oxygen atoms in total. The summed E-state index contributed by atoms with van der Waals surface area (Å²) in [5, 5.41) is 9.90. The minimum atomic E-state index is 0.363. The molecule has 1 aromatic heterocycles. The van der Waals surface area contributed by atoms with E-state index >= 15 is 0 Å². The molecular weight excluding hydrogens is 291 g/mol. The second-order valence-corrected chi connectivity index (χ2v) is 5.61. The molecule has 0 saturated heterocycles. The zero-order valence-corrected chi connectivity index (χ0v) is 12.1. The molecule has 0 amide bonds. The Bertz CT molecular complexity index is 536. The van der Waals surface area contributed by atoms with Gasteiger partial charge in [0, 0.05) is 15.6 Å². The highest BCUT2D eigenvalue weighted by molar-refractivity contribution is 7.99. The molecule has 0 fully saturated rings. The van der Waals surface area contributed by atoms with Crippen molar-refractivity contribution in [2.75, 3.05) is 11.5 Å². The van der Waals surface area contributed by atoms with Gasteiger partial charge in [0.2, 0.25) is 5.95 Å². The third kappa shape index (κ3) is 2.74. The summed E-state index contributed by atoms with van der Waals surface area (Å²) in [6.07, 6.45) is 0. The summed E-state index contributed by atoms with van der Waals surface area (Å²) in [5.74, 6) is 1.26. The summed E-state index contributed by atoms with van der Waals surface area (Å²) in [4.78, 5) is 0. The van der Waals surface area contributed by atoms with Gasteiger partial charge < -0.3 is 5.73 Å². The molecule has 0 aliphatic heterocycles. The van der Waals surface area contributed by atoms with Crippen LogP contribution in [0.3, 0.4) is 0 Å². The fraction of sp³-hybridized carbons (Fsp3) is 0.273. The number of anilines is 1. The van der Waals surface area contributed by atoms with Crippen LogP contribution >= 0.6 is 35.0 Å². The van der Waals surface area contributed by atoms with Gasteiger partial charge in [-0.1, -0.05) is 48.0 Å². The molecule has 1 heterocycles. The first kappa shape index (κ1) is 13.5. The zero-order valence-electron chi connectivity index (χ0n) is 9.73. The maximum atomic E-state index is 6.14. The van der Waals surface area contributed by atoms with Crippen molar-refractivity contribution >= 4 is 40.9 Å². The van der Waals surface area contributed by atoms with Gasteiger partial charge in [0.1, 0.15) is 0 Å². The number of thioether (sulfide) groups is 1. The van der Waals surface area contributed by atoms with Crippen LogP contribution in [0.4, 0.5) is 5.95 Å². The Labute approximate surface area is 119 Å². The Morgan fingerprint density at radius 3 is 2.56 bits per heavy atom. The molecule has 0 radical (unpaired) electrons. The van der Waals surface area contributed by atoms with Gasteiger partial charge in [-0.15, -0.1) is 10.2 Å². The minimum absolute atomic E-state index is 0.363. The lowest BCUT2D eigenvalue weighted by Crippen LogP contribution is -2.07. The van der Waals surface area contributed by atoms with Crippen molar-refractivity contribution in [1.29, 1.82) is 0 Å². The molecule has 2 rings (SSSR count). The highest BCUT2D eigenvalue weighted by atomic mass is 35.5. The van der Waals surface area contributed by atoms with E-state index in [1.807, 2.05) is 13.0 Å². The van der Waals surface area contributed by atoms with Crippen LogP contribution in [0.25, 0.3) is 0 Å². The molecule has 0 bridgehead atoms. The normalized spacial score (nSPS) is 10.8. The van der Waals surface area contributed by atoms with Crippen molar-refractivity contribution in [2.24, 2.45) is 0 Å². The Balaban J connectivity index is 2.36. The Hall–Kier alpha value is -0.910. The standard InChI is InChI=1S/C11H12Cl2N4S/c1-2-18-11-16-15-10(14)17(11)6-7-8(12)4-3-5-9(7)13/h3-5H,2,6H2,1H3,(H2,14,15). The fourth-order valence-electron chi connectivity index (χ4n) is 1.53. The van der Waals surface area contributed by atoms with E-state index in [4.69, 9.17) is 28.9 Å². The average Bonchev–Trinajstić information content (AvgIpc) is 2.66. The van der Waals surface area contributed by atoms with Crippen LogP contribution in [0, 0.1) is 0 Å². The molecule has 18 heavy (non-hydrogen) atoms. The first-order valence-corrected chi connectivity index (χ1v) is 7.12. The summed E-state index contributed by atoms with van der Waals surface area (Å²) in [5.41, 5.74) is 6.63. The number of rotatable bonds is 4. The van der Waals surface area contributed by atoms with Gasteiger partial charge in [-0.05, 0) is 17.9 Å². The van der Waals surface area contributed by atoms with Crippen LogP contribution in [0.2, 0.25) is 10.0 Å². The predicted molar refractivity (Wildman–Crippen MR) is 76.4 cm³/mol. The highest BCUT2D eigenvalue weighted by Crippen LogP contribution is 2.27. The van der Waals surface area contributed by atoms with Crippen molar-refractivity contribution in [1.82, 2.24) is 14.8 Å². The summed E-state index contributed by atoms with van der Waals surface area (Å²) >= 11 is 13.9. The van der Waals surface area contributed by atoms with Crippen LogP contribution < -0.4 is 5.73 Å². The number of hydrogen-bond donors (Lipinski definition) is 1. The lowest BCUT2D eigenvalue weighted by molar-refractivity contribution is 0.717. The monoisotopic (exact) mass is 302 g/mol. The van der Waals surface area contributed by atoms with Gasteiger partial charge >= 0.3 is 0 Å². The van der Waals surface area contributed by atoms with Gasteiger partial charge in [0.05, 0.1) is 6.54 Å².